The second-order valence-electron chi connectivity index (χ2n) is 3.96. The Balaban J connectivity index is 2.30. The predicted octanol–water partition coefficient (Wildman–Crippen LogP) is 0.678. The first kappa shape index (κ1) is 12.8. The van der Waals surface area contributed by atoms with Crippen LogP contribution in [0.3, 0.4) is 0 Å². The number of anilines is 1. The zero-order valence-corrected chi connectivity index (χ0v) is 11.5. The summed E-state index contributed by atoms with van der Waals surface area (Å²) in [5.41, 5.74) is 6.24. The molecule has 17 heavy (non-hydrogen) atoms. The van der Waals surface area contributed by atoms with Crippen molar-refractivity contribution in [3.63, 3.8) is 0 Å². The topological polar surface area (TPSA) is 75.4 Å². The van der Waals surface area contributed by atoms with E-state index in [1.165, 1.54) is 4.31 Å². The second-order valence-corrected chi connectivity index (χ2v) is 6.56. The van der Waals surface area contributed by atoms with Gasteiger partial charge in [0.1, 0.15) is 0 Å². The molecule has 1 fully saturated rings. The molecular weight excluding hydrogens is 306 g/mol. The van der Waals surface area contributed by atoms with Crippen LogP contribution in [-0.2, 0) is 10.2 Å². The summed E-state index contributed by atoms with van der Waals surface area (Å²) in [5.74, 6) is 0.141. The van der Waals surface area contributed by atoms with Gasteiger partial charge in [0.15, 0.2) is 0 Å². The molecule has 0 spiro atoms. The molecule has 1 atom stereocenters. The van der Waals surface area contributed by atoms with Crippen molar-refractivity contribution >= 4 is 31.8 Å². The van der Waals surface area contributed by atoms with E-state index in [2.05, 4.69) is 20.7 Å². The summed E-state index contributed by atoms with van der Waals surface area (Å²) in [6, 6.07) is 7.16. The summed E-state index contributed by atoms with van der Waals surface area (Å²) < 4.78 is 28.6. The molecule has 0 radical (unpaired) electrons. The molecule has 0 saturated carbocycles. The molecule has 1 aromatic rings. The van der Waals surface area contributed by atoms with Crippen molar-refractivity contribution in [3.8, 4) is 0 Å². The molecule has 2 rings (SSSR count). The lowest BCUT2D eigenvalue weighted by Gasteiger charge is -2.33. The van der Waals surface area contributed by atoms with Crippen LogP contribution in [0.4, 0.5) is 5.69 Å². The maximum atomic E-state index is 11.9. The number of benzene rings is 1. The second kappa shape index (κ2) is 4.93. The Labute approximate surface area is 109 Å². The van der Waals surface area contributed by atoms with E-state index in [1.54, 1.807) is 12.1 Å². The Bertz CT molecular complexity index is 489. The van der Waals surface area contributed by atoms with Crippen molar-refractivity contribution in [2.45, 2.75) is 0 Å². The SMILES string of the molecule is NCC1CNS(=O)(=O)N(c2ccc(Br)cc2)C1. The highest BCUT2D eigenvalue weighted by Gasteiger charge is 2.30. The standard InChI is InChI=1S/C10H14BrN3O2S/c11-9-1-3-10(4-2-9)14-7-8(5-12)6-13-17(14,15)16/h1-4,8,13H,5-7,12H2. The van der Waals surface area contributed by atoms with Gasteiger partial charge in [0.05, 0.1) is 5.69 Å². The molecule has 5 nitrogen and oxygen atoms in total. The highest BCUT2D eigenvalue weighted by molar-refractivity contribution is 9.10. The van der Waals surface area contributed by atoms with Crippen LogP contribution in [0.25, 0.3) is 0 Å². The summed E-state index contributed by atoms with van der Waals surface area (Å²) in [5, 5.41) is 0. The van der Waals surface area contributed by atoms with Crippen molar-refractivity contribution in [1.82, 2.24) is 4.72 Å². The fraction of sp³-hybridized carbons (Fsp3) is 0.400. The Kier molecular flexibility index (Phi) is 3.72. The van der Waals surface area contributed by atoms with E-state index in [0.29, 0.717) is 25.3 Å². The van der Waals surface area contributed by atoms with E-state index in [9.17, 15) is 8.42 Å². The quantitative estimate of drug-likeness (QED) is 0.841. The smallest absolute Gasteiger partial charge is 0.301 e. The molecule has 1 saturated heterocycles. The van der Waals surface area contributed by atoms with Gasteiger partial charge in [-0.15, -0.1) is 0 Å². The third-order valence-corrected chi connectivity index (χ3v) is 4.72. The lowest BCUT2D eigenvalue weighted by Crippen LogP contribution is -2.53. The maximum absolute atomic E-state index is 11.9. The zero-order valence-electron chi connectivity index (χ0n) is 9.14. The molecule has 1 aromatic carbocycles. The predicted molar refractivity (Wildman–Crippen MR) is 71.0 cm³/mol. The maximum Gasteiger partial charge on any atom is 0.301 e. The monoisotopic (exact) mass is 319 g/mol. The van der Waals surface area contributed by atoms with Crippen LogP contribution >= 0.6 is 15.9 Å². The highest BCUT2D eigenvalue weighted by atomic mass is 79.9. The Hall–Kier alpha value is -0.630. The fourth-order valence-corrected chi connectivity index (χ4v) is 3.38. The molecule has 0 amide bonds. The van der Waals surface area contributed by atoms with Gasteiger partial charge >= 0.3 is 10.2 Å². The van der Waals surface area contributed by atoms with E-state index in [0.717, 1.165) is 4.47 Å². The average Bonchev–Trinajstić information content (AvgIpc) is 2.30. The Morgan fingerprint density at radius 2 is 2.06 bits per heavy atom. The van der Waals surface area contributed by atoms with Crippen molar-refractivity contribution in [2.75, 3.05) is 23.9 Å². The lowest BCUT2D eigenvalue weighted by atomic mass is 10.1. The largest absolute Gasteiger partial charge is 0.330 e. The molecular formula is C10H14BrN3O2S. The highest BCUT2D eigenvalue weighted by Crippen LogP contribution is 2.23. The summed E-state index contributed by atoms with van der Waals surface area (Å²) >= 11 is 3.32. The average molecular weight is 320 g/mol. The summed E-state index contributed by atoms with van der Waals surface area (Å²) in [6.45, 7) is 1.30. The molecule has 0 bridgehead atoms. The number of hydrogen-bond donors (Lipinski definition) is 2. The minimum Gasteiger partial charge on any atom is -0.330 e. The first-order chi connectivity index (χ1) is 8.03. The normalized spacial score (nSPS) is 23.6. The van der Waals surface area contributed by atoms with Crippen molar-refractivity contribution in [1.29, 1.82) is 0 Å². The molecule has 0 aliphatic carbocycles. The van der Waals surface area contributed by atoms with Crippen molar-refractivity contribution in [3.05, 3.63) is 28.7 Å². The van der Waals surface area contributed by atoms with Gasteiger partial charge in [-0.3, -0.25) is 4.31 Å². The van der Waals surface area contributed by atoms with Crippen molar-refractivity contribution in [2.24, 2.45) is 11.7 Å². The number of nitrogens with two attached hydrogens (primary N) is 1. The number of hydrogen-bond acceptors (Lipinski definition) is 3. The Morgan fingerprint density at radius 3 is 2.65 bits per heavy atom. The van der Waals surface area contributed by atoms with Crippen LogP contribution < -0.4 is 14.8 Å². The molecule has 7 heteroatoms. The van der Waals surface area contributed by atoms with Gasteiger partial charge in [0.2, 0.25) is 0 Å². The number of nitrogens with one attached hydrogen (secondary N) is 1. The van der Waals surface area contributed by atoms with Gasteiger partial charge in [0.25, 0.3) is 0 Å². The van der Waals surface area contributed by atoms with E-state index in [-0.39, 0.29) is 5.92 Å². The summed E-state index contributed by atoms with van der Waals surface area (Å²) in [6.07, 6.45) is 0. The molecule has 1 aliphatic rings. The number of rotatable bonds is 2. The lowest BCUT2D eigenvalue weighted by molar-refractivity contribution is 0.486. The van der Waals surface area contributed by atoms with Crippen LogP contribution in [0.1, 0.15) is 0 Å². The number of halogens is 1. The minimum absolute atomic E-state index is 0.141. The van der Waals surface area contributed by atoms with E-state index >= 15 is 0 Å². The summed E-state index contributed by atoms with van der Waals surface area (Å²) in [4.78, 5) is 0. The van der Waals surface area contributed by atoms with E-state index in [1.807, 2.05) is 12.1 Å². The van der Waals surface area contributed by atoms with Gasteiger partial charge < -0.3 is 5.73 Å². The van der Waals surface area contributed by atoms with E-state index < -0.39 is 10.2 Å². The van der Waals surface area contributed by atoms with Crippen LogP contribution in [0.15, 0.2) is 28.7 Å². The molecule has 1 heterocycles. The van der Waals surface area contributed by atoms with Gasteiger partial charge in [-0.1, -0.05) is 15.9 Å². The molecule has 94 valence electrons. The van der Waals surface area contributed by atoms with Crippen LogP contribution in [0.2, 0.25) is 0 Å². The van der Waals surface area contributed by atoms with Gasteiger partial charge in [0, 0.05) is 23.5 Å². The van der Waals surface area contributed by atoms with Gasteiger partial charge in [-0.25, -0.2) is 0 Å². The van der Waals surface area contributed by atoms with Gasteiger partial charge in [-0.05, 0) is 30.8 Å². The van der Waals surface area contributed by atoms with Gasteiger partial charge in [-0.2, -0.15) is 13.1 Å². The minimum atomic E-state index is -3.42. The molecule has 0 aromatic heterocycles. The molecule has 3 N–H and O–H groups in total. The molecule has 1 unspecified atom stereocenters. The first-order valence-corrected chi connectivity index (χ1v) is 7.49. The van der Waals surface area contributed by atoms with E-state index in [4.69, 9.17) is 5.73 Å². The van der Waals surface area contributed by atoms with Crippen molar-refractivity contribution < 1.29 is 8.42 Å². The zero-order chi connectivity index (χ0) is 12.5. The van der Waals surface area contributed by atoms with Crippen LogP contribution in [0.5, 0.6) is 0 Å². The molecule has 1 aliphatic heterocycles. The Morgan fingerprint density at radius 1 is 1.41 bits per heavy atom. The van der Waals surface area contributed by atoms with Crippen LogP contribution in [-0.4, -0.2) is 28.1 Å². The third-order valence-electron chi connectivity index (χ3n) is 2.72. The number of nitrogens with zero attached hydrogens (tertiary/aromatic N) is 1. The fourth-order valence-electron chi connectivity index (χ4n) is 1.71. The van der Waals surface area contributed by atoms with Crippen LogP contribution in [0, 0.1) is 5.92 Å². The summed E-state index contributed by atoms with van der Waals surface area (Å²) in [7, 11) is -3.42. The third kappa shape index (κ3) is 2.79. The first-order valence-electron chi connectivity index (χ1n) is 5.26.